The topological polar surface area (TPSA) is 68.3 Å². The van der Waals surface area contributed by atoms with Crippen LogP contribution >= 0.6 is 11.3 Å². The van der Waals surface area contributed by atoms with Gasteiger partial charge >= 0.3 is 5.97 Å². The lowest BCUT2D eigenvalue weighted by Gasteiger charge is -2.12. The molecule has 2 heterocycles. The Bertz CT molecular complexity index is 1070. The van der Waals surface area contributed by atoms with Crippen LogP contribution in [0.1, 0.15) is 56.6 Å². The second kappa shape index (κ2) is 7.72. The van der Waals surface area contributed by atoms with Crippen LogP contribution < -0.4 is 5.32 Å². The fourth-order valence-corrected chi connectivity index (χ4v) is 4.88. The summed E-state index contributed by atoms with van der Waals surface area (Å²) in [4.78, 5) is 31.1. The zero-order valence-corrected chi connectivity index (χ0v) is 16.8. The van der Waals surface area contributed by atoms with Crippen molar-refractivity contribution in [3.8, 4) is 0 Å². The fraction of sp³-hybridized carbons (Fsp3) is 0.318. The first kappa shape index (κ1) is 18.6. The first-order valence-corrected chi connectivity index (χ1v) is 10.4. The quantitative estimate of drug-likeness (QED) is 0.638. The molecule has 0 spiro atoms. The molecule has 5 nitrogen and oxygen atoms in total. The second-order valence-electron chi connectivity index (χ2n) is 6.95. The van der Waals surface area contributed by atoms with Gasteiger partial charge in [-0.05, 0) is 63.3 Å². The third-order valence-electron chi connectivity index (χ3n) is 4.97. The summed E-state index contributed by atoms with van der Waals surface area (Å²) >= 11 is 1.50. The summed E-state index contributed by atoms with van der Waals surface area (Å²) < 4.78 is 5.26. The van der Waals surface area contributed by atoms with Gasteiger partial charge in [0.15, 0.2) is 0 Å². The number of amides is 1. The minimum absolute atomic E-state index is 0.241. The van der Waals surface area contributed by atoms with Crippen LogP contribution in [0.5, 0.6) is 0 Å². The zero-order chi connectivity index (χ0) is 19.7. The predicted octanol–water partition coefficient (Wildman–Crippen LogP) is 4.91. The number of carbonyl (C=O) groups excluding carboxylic acids is 2. The van der Waals surface area contributed by atoms with Gasteiger partial charge in [0, 0.05) is 21.5 Å². The van der Waals surface area contributed by atoms with Gasteiger partial charge in [0.2, 0.25) is 0 Å². The molecule has 0 radical (unpaired) electrons. The molecule has 144 valence electrons. The summed E-state index contributed by atoms with van der Waals surface area (Å²) in [5.41, 5.74) is 3.78. The lowest BCUT2D eigenvalue weighted by atomic mass is 9.95. The Morgan fingerprint density at radius 3 is 2.79 bits per heavy atom. The predicted molar refractivity (Wildman–Crippen MR) is 111 cm³/mol. The molecule has 3 aromatic rings. The molecule has 1 amide bonds. The van der Waals surface area contributed by atoms with E-state index in [2.05, 4.69) is 10.3 Å². The smallest absolute Gasteiger partial charge is 0.341 e. The summed E-state index contributed by atoms with van der Waals surface area (Å²) in [6.45, 7) is 4.03. The minimum Gasteiger partial charge on any atom is -0.462 e. The molecule has 0 fully saturated rings. The highest BCUT2D eigenvalue weighted by Gasteiger charge is 2.27. The number of hydrogen-bond acceptors (Lipinski definition) is 5. The van der Waals surface area contributed by atoms with Gasteiger partial charge in [0.25, 0.3) is 5.91 Å². The lowest BCUT2D eigenvalue weighted by Crippen LogP contribution is -2.15. The summed E-state index contributed by atoms with van der Waals surface area (Å²) in [7, 11) is 0. The highest BCUT2D eigenvalue weighted by Crippen LogP contribution is 2.38. The molecule has 0 saturated heterocycles. The Balaban J connectivity index is 1.67. The van der Waals surface area contributed by atoms with Crippen molar-refractivity contribution in [2.75, 3.05) is 11.9 Å². The van der Waals surface area contributed by atoms with Gasteiger partial charge in [-0.25, -0.2) is 4.79 Å². The van der Waals surface area contributed by atoms with Gasteiger partial charge in [0.1, 0.15) is 5.00 Å². The van der Waals surface area contributed by atoms with E-state index in [9.17, 15) is 9.59 Å². The normalized spacial score (nSPS) is 13.2. The highest BCUT2D eigenvalue weighted by atomic mass is 32.1. The SMILES string of the molecule is CCOC(=O)c1c(NC(=O)c2ccc3ccc(C)nc3c2)sc2c1CCCC2. The van der Waals surface area contributed by atoms with Crippen LogP contribution in [0.2, 0.25) is 0 Å². The van der Waals surface area contributed by atoms with Crippen LogP contribution in [0.3, 0.4) is 0 Å². The molecule has 1 aromatic carbocycles. The number of rotatable bonds is 4. The zero-order valence-electron chi connectivity index (χ0n) is 16.0. The number of anilines is 1. The molecule has 0 saturated carbocycles. The first-order valence-electron chi connectivity index (χ1n) is 9.57. The van der Waals surface area contributed by atoms with E-state index in [1.807, 2.05) is 25.1 Å². The number of esters is 1. The second-order valence-corrected chi connectivity index (χ2v) is 8.05. The maximum Gasteiger partial charge on any atom is 0.341 e. The van der Waals surface area contributed by atoms with Crippen LogP contribution in [-0.2, 0) is 17.6 Å². The number of aromatic nitrogens is 1. The van der Waals surface area contributed by atoms with Gasteiger partial charge in [0.05, 0.1) is 17.7 Å². The van der Waals surface area contributed by atoms with E-state index >= 15 is 0 Å². The molecule has 0 aliphatic heterocycles. The standard InChI is InChI=1S/C22H22N2O3S/c1-3-27-22(26)19-16-6-4-5-7-18(16)28-21(19)24-20(25)15-11-10-14-9-8-13(2)23-17(14)12-15/h8-12H,3-7H2,1-2H3,(H,24,25). The number of nitrogens with zero attached hydrogens (tertiary/aromatic N) is 1. The summed E-state index contributed by atoms with van der Waals surface area (Å²) in [6.07, 6.45) is 3.97. The van der Waals surface area contributed by atoms with Gasteiger partial charge in [-0.15, -0.1) is 11.3 Å². The van der Waals surface area contributed by atoms with E-state index in [-0.39, 0.29) is 11.9 Å². The van der Waals surface area contributed by atoms with Crippen LogP contribution in [0.4, 0.5) is 5.00 Å². The Hall–Kier alpha value is -2.73. The Morgan fingerprint density at radius 2 is 1.96 bits per heavy atom. The van der Waals surface area contributed by atoms with E-state index in [4.69, 9.17) is 4.74 Å². The number of benzene rings is 1. The third kappa shape index (κ3) is 3.52. The van der Waals surface area contributed by atoms with E-state index in [1.165, 1.54) is 16.2 Å². The van der Waals surface area contributed by atoms with E-state index in [1.54, 1.807) is 19.1 Å². The average Bonchev–Trinajstić information content (AvgIpc) is 3.05. The minimum atomic E-state index is -0.354. The van der Waals surface area contributed by atoms with Gasteiger partial charge < -0.3 is 10.1 Å². The van der Waals surface area contributed by atoms with Gasteiger partial charge in [-0.3, -0.25) is 9.78 Å². The Labute approximate surface area is 167 Å². The number of hydrogen-bond donors (Lipinski definition) is 1. The molecule has 1 aliphatic carbocycles. The number of thiophene rings is 1. The van der Waals surface area contributed by atoms with Gasteiger partial charge in [-0.1, -0.05) is 12.1 Å². The third-order valence-corrected chi connectivity index (χ3v) is 6.18. The molecule has 4 rings (SSSR count). The summed E-state index contributed by atoms with van der Waals surface area (Å²) in [6, 6.07) is 9.40. The van der Waals surface area contributed by atoms with Crippen LogP contribution in [-0.4, -0.2) is 23.5 Å². The Kier molecular flexibility index (Phi) is 5.13. The molecule has 1 N–H and O–H groups in total. The lowest BCUT2D eigenvalue weighted by molar-refractivity contribution is 0.0526. The molecule has 0 bridgehead atoms. The monoisotopic (exact) mass is 394 g/mol. The number of ether oxygens (including phenoxy) is 1. The maximum absolute atomic E-state index is 12.9. The molecule has 6 heteroatoms. The highest BCUT2D eigenvalue weighted by molar-refractivity contribution is 7.17. The molecule has 1 aliphatic rings. The van der Waals surface area contributed by atoms with Crippen LogP contribution in [0.15, 0.2) is 30.3 Å². The van der Waals surface area contributed by atoms with E-state index < -0.39 is 0 Å². The van der Waals surface area contributed by atoms with Crippen LogP contribution in [0, 0.1) is 6.92 Å². The molecular formula is C22H22N2O3S. The number of fused-ring (bicyclic) bond motifs is 2. The average molecular weight is 394 g/mol. The molecule has 0 unspecified atom stereocenters. The fourth-order valence-electron chi connectivity index (χ4n) is 3.61. The van der Waals surface area contributed by atoms with Crippen molar-refractivity contribution in [1.29, 1.82) is 0 Å². The van der Waals surface area contributed by atoms with Crippen molar-refractivity contribution >= 4 is 39.1 Å². The number of aryl methyl sites for hydroxylation is 2. The van der Waals surface area contributed by atoms with E-state index in [0.717, 1.165) is 47.8 Å². The Morgan fingerprint density at radius 1 is 1.18 bits per heavy atom. The van der Waals surface area contributed by atoms with E-state index in [0.29, 0.717) is 22.7 Å². The maximum atomic E-state index is 12.9. The van der Waals surface area contributed by atoms with Crippen molar-refractivity contribution in [2.24, 2.45) is 0 Å². The van der Waals surface area contributed by atoms with Crippen molar-refractivity contribution in [3.05, 3.63) is 57.6 Å². The van der Waals surface area contributed by atoms with Crippen LogP contribution in [0.25, 0.3) is 10.9 Å². The molecule has 2 aromatic heterocycles. The number of carbonyl (C=O) groups is 2. The summed E-state index contributed by atoms with van der Waals surface area (Å²) in [5, 5.41) is 4.53. The van der Waals surface area contributed by atoms with Crippen molar-refractivity contribution in [1.82, 2.24) is 4.98 Å². The number of pyridine rings is 1. The molecule has 0 atom stereocenters. The largest absolute Gasteiger partial charge is 0.462 e. The molecule has 28 heavy (non-hydrogen) atoms. The summed E-state index contributed by atoms with van der Waals surface area (Å²) in [5.74, 6) is -0.595. The first-order chi connectivity index (χ1) is 13.6. The van der Waals surface area contributed by atoms with Crippen molar-refractivity contribution < 1.29 is 14.3 Å². The van der Waals surface area contributed by atoms with Gasteiger partial charge in [-0.2, -0.15) is 0 Å². The van der Waals surface area contributed by atoms with Crippen molar-refractivity contribution in [3.63, 3.8) is 0 Å². The molecular weight excluding hydrogens is 372 g/mol. The van der Waals surface area contributed by atoms with Crippen molar-refractivity contribution in [2.45, 2.75) is 39.5 Å². The number of nitrogens with one attached hydrogen (secondary N) is 1.